The first-order chi connectivity index (χ1) is 6.40. The molecule has 8 heteroatoms. The molecule has 0 saturated heterocycles. The third-order valence-electron chi connectivity index (χ3n) is 1.87. The van der Waals surface area contributed by atoms with Crippen LogP contribution in [0, 0.1) is 0 Å². The zero-order valence-corrected chi connectivity index (χ0v) is 7.91. The molecule has 1 aliphatic carbocycles. The summed E-state index contributed by atoms with van der Waals surface area (Å²) in [4.78, 5) is 0. The molecule has 0 unspecified atom stereocenters. The van der Waals surface area contributed by atoms with Crippen LogP contribution in [0.25, 0.3) is 0 Å². The highest BCUT2D eigenvalue weighted by Crippen LogP contribution is 2.46. The van der Waals surface area contributed by atoms with Crippen molar-refractivity contribution >= 4 is 0 Å². The summed E-state index contributed by atoms with van der Waals surface area (Å²) >= 11 is 0. The Morgan fingerprint density at radius 3 is 1.33 bits per heavy atom. The molecule has 0 bridgehead atoms. The Morgan fingerprint density at radius 1 is 1.07 bits per heavy atom. The minimum Gasteiger partial charge on any atom is -0.320 e. The number of alkyl halides is 6. The Labute approximate surface area is 82.6 Å². The lowest BCUT2D eigenvalue weighted by Crippen LogP contribution is -2.39. The van der Waals surface area contributed by atoms with Gasteiger partial charge in [-0.2, -0.15) is 26.3 Å². The van der Waals surface area contributed by atoms with Gasteiger partial charge in [0.1, 0.15) is 5.54 Å². The van der Waals surface area contributed by atoms with E-state index in [0.29, 0.717) is 0 Å². The second-order valence-electron chi connectivity index (χ2n) is 3.48. The van der Waals surface area contributed by atoms with Crippen LogP contribution in [-0.4, -0.2) is 23.9 Å². The maximum Gasteiger partial charge on any atom is 0.406 e. The van der Waals surface area contributed by atoms with Crippen molar-refractivity contribution < 1.29 is 26.3 Å². The van der Waals surface area contributed by atoms with Gasteiger partial charge in [-0.1, -0.05) is 0 Å². The predicted molar refractivity (Wildman–Crippen MR) is 41.9 cm³/mol. The molecule has 0 amide bonds. The third kappa shape index (κ3) is 4.70. The van der Waals surface area contributed by atoms with Gasteiger partial charge >= 0.3 is 12.4 Å². The molecule has 0 aromatic heterocycles. The maximum atomic E-state index is 11.5. The Balaban J connectivity index is 0.000000265. The van der Waals surface area contributed by atoms with Gasteiger partial charge in [0.15, 0.2) is 0 Å². The normalized spacial score (nSPS) is 21.4. The number of halogens is 6. The highest BCUT2D eigenvalue weighted by molar-refractivity contribution is 5.04. The van der Waals surface area contributed by atoms with Gasteiger partial charge in [0, 0.05) is 0 Å². The van der Waals surface area contributed by atoms with Gasteiger partial charge in [0.05, 0.1) is 6.04 Å². The topological polar surface area (TPSA) is 52.0 Å². The summed E-state index contributed by atoms with van der Waals surface area (Å²) in [5.74, 6) is 0. The Morgan fingerprint density at radius 2 is 1.33 bits per heavy atom. The molecule has 1 rings (SSSR count). The quantitative estimate of drug-likeness (QED) is 0.633. The van der Waals surface area contributed by atoms with E-state index in [4.69, 9.17) is 5.73 Å². The van der Waals surface area contributed by atoms with Crippen molar-refractivity contribution in [3.63, 3.8) is 0 Å². The smallest absolute Gasteiger partial charge is 0.320 e. The first kappa shape index (κ1) is 14.5. The lowest BCUT2D eigenvalue weighted by Gasteiger charge is -2.11. The van der Waals surface area contributed by atoms with Crippen LogP contribution in [0.2, 0.25) is 0 Å². The van der Waals surface area contributed by atoms with Crippen molar-refractivity contribution in [1.82, 2.24) is 0 Å². The predicted octanol–water partition coefficient (Wildman–Crippen LogP) is 1.94. The SMILES string of the molecule is C[C@@H](N)C(F)(F)F.NC1(C(F)(F)F)CC1. The Kier molecular flexibility index (Phi) is 4.03. The first-order valence-corrected chi connectivity index (χ1v) is 4.08. The van der Waals surface area contributed by atoms with Crippen molar-refractivity contribution in [1.29, 1.82) is 0 Å². The number of hydrogen-bond donors (Lipinski definition) is 2. The van der Waals surface area contributed by atoms with E-state index in [2.05, 4.69) is 5.73 Å². The van der Waals surface area contributed by atoms with E-state index in [0.717, 1.165) is 6.92 Å². The molecular weight excluding hydrogens is 226 g/mol. The van der Waals surface area contributed by atoms with Gasteiger partial charge < -0.3 is 11.5 Å². The van der Waals surface area contributed by atoms with Crippen LogP contribution in [0.1, 0.15) is 19.8 Å². The molecule has 0 radical (unpaired) electrons. The van der Waals surface area contributed by atoms with Gasteiger partial charge in [-0.25, -0.2) is 0 Å². The summed E-state index contributed by atoms with van der Waals surface area (Å²) in [5, 5.41) is 0. The molecule has 0 aromatic rings. The maximum absolute atomic E-state index is 11.5. The molecule has 1 atom stereocenters. The molecule has 0 spiro atoms. The van der Waals surface area contributed by atoms with Gasteiger partial charge in [0.2, 0.25) is 0 Å². The zero-order chi connectivity index (χ0) is 12.5. The van der Waals surface area contributed by atoms with Crippen LogP contribution >= 0.6 is 0 Å². The summed E-state index contributed by atoms with van der Waals surface area (Å²) in [6.45, 7) is 0.903. The summed E-state index contributed by atoms with van der Waals surface area (Å²) in [6, 6.07) is -1.70. The average molecular weight is 238 g/mol. The van der Waals surface area contributed by atoms with E-state index in [1.54, 1.807) is 0 Å². The van der Waals surface area contributed by atoms with Crippen molar-refractivity contribution in [2.75, 3.05) is 0 Å². The van der Waals surface area contributed by atoms with Crippen molar-refractivity contribution in [2.24, 2.45) is 11.5 Å². The number of rotatable bonds is 0. The van der Waals surface area contributed by atoms with Crippen LogP contribution in [0.15, 0.2) is 0 Å². The second-order valence-corrected chi connectivity index (χ2v) is 3.48. The molecule has 92 valence electrons. The average Bonchev–Trinajstić information content (AvgIpc) is 2.66. The summed E-state index contributed by atoms with van der Waals surface area (Å²) in [5.41, 5.74) is 7.43. The molecule has 4 N–H and O–H groups in total. The van der Waals surface area contributed by atoms with Crippen molar-refractivity contribution in [3.8, 4) is 0 Å². The van der Waals surface area contributed by atoms with Crippen LogP contribution in [-0.2, 0) is 0 Å². The minimum atomic E-state index is -4.22. The minimum absolute atomic E-state index is 0.0938. The fraction of sp³-hybridized carbons (Fsp3) is 1.00. The fourth-order valence-corrected chi connectivity index (χ4v) is 0.418. The molecule has 1 saturated carbocycles. The van der Waals surface area contributed by atoms with Crippen LogP contribution < -0.4 is 11.5 Å². The third-order valence-corrected chi connectivity index (χ3v) is 1.87. The number of hydrogen-bond acceptors (Lipinski definition) is 2. The molecule has 1 aliphatic rings. The summed E-state index contributed by atoms with van der Waals surface area (Å²) < 4.78 is 67.7. The van der Waals surface area contributed by atoms with Crippen LogP contribution in [0.5, 0.6) is 0 Å². The molecular formula is C7H12F6N2. The Hall–Kier alpha value is -0.500. The number of nitrogens with two attached hydrogens (primary N) is 2. The van der Waals surface area contributed by atoms with Gasteiger partial charge in [-0.15, -0.1) is 0 Å². The van der Waals surface area contributed by atoms with E-state index in [9.17, 15) is 26.3 Å². The van der Waals surface area contributed by atoms with E-state index in [-0.39, 0.29) is 12.8 Å². The van der Waals surface area contributed by atoms with E-state index in [1.807, 2.05) is 0 Å². The van der Waals surface area contributed by atoms with Crippen molar-refractivity contribution in [3.05, 3.63) is 0 Å². The molecule has 0 aliphatic heterocycles. The van der Waals surface area contributed by atoms with E-state index >= 15 is 0 Å². The largest absolute Gasteiger partial charge is 0.406 e. The fourth-order valence-electron chi connectivity index (χ4n) is 0.418. The molecule has 15 heavy (non-hydrogen) atoms. The standard InChI is InChI=1S/C4H6F3N.C3H6F3N/c5-4(6,7)3(8)1-2-3;1-2(7)3(4,5)6/h1-2,8H2;2H,7H2,1H3/t;2-/m.1/s1. The highest BCUT2D eigenvalue weighted by Gasteiger charge is 2.60. The van der Waals surface area contributed by atoms with Crippen molar-refractivity contribution in [2.45, 2.75) is 43.7 Å². The lowest BCUT2D eigenvalue weighted by atomic mass is 10.3. The highest BCUT2D eigenvalue weighted by atomic mass is 19.4. The Bertz CT molecular complexity index is 199. The molecule has 0 aromatic carbocycles. The second kappa shape index (κ2) is 4.17. The van der Waals surface area contributed by atoms with Gasteiger partial charge in [-0.05, 0) is 19.8 Å². The van der Waals surface area contributed by atoms with Crippen LogP contribution in [0.4, 0.5) is 26.3 Å². The zero-order valence-electron chi connectivity index (χ0n) is 7.91. The van der Waals surface area contributed by atoms with Crippen LogP contribution in [0.3, 0.4) is 0 Å². The van der Waals surface area contributed by atoms with E-state index < -0.39 is 23.9 Å². The molecule has 1 fully saturated rings. The summed E-state index contributed by atoms with van der Waals surface area (Å²) in [6.07, 6.45) is -8.21. The van der Waals surface area contributed by atoms with Gasteiger partial charge in [0.25, 0.3) is 0 Å². The first-order valence-electron chi connectivity index (χ1n) is 4.08. The summed E-state index contributed by atoms with van der Waals surface area (Å²) in [7, 11) is 0. The molecule has 0 heterocycles. The van der Waals surface area contributed by atoms with E-state index in [1.165, 1.54) is 0 Å². The lowest BCUT2D eigenvalue weighted by molar-refractivity contribution is -0.156. The van der Waals surface area contributed by atoms with Gasteiger partial charge in [-0.3, -0.25) is 0 Å². The molecule has 2 nitrogen and oxygen atoms in total. The monoisotopic (exact) mass is 238 g/mol.